The Morgan fingerprint density at radius 2 is 1.61 bits per heavy atom. The first kappa shape index (κ1) is 27.6. The summed E-state index contributed by atoms with van der Waals surface area (Å²) in [5, 5.41) is 1.08. The van der Waals surface area contributed by atoms with Gasteiger partial charge in [0, 0.05) is 31.2 Å². The lowest BCUT2D eigenvalue weighted by Crippen LogP contribution is -2.59. The molecule has 0 atom stereocenters. The van der Waals surface area contributed by atoms with Crippen LogP contribution in [0.3, 0.4) is 0 Å². The lowest BCUT2D eigenvalue weighted by Gasteiger charge is -2.47. The number of likely N-dealkylation sites (tertiary alicyclic amines) is 1. The van der Waals surface area contributed by atoms with Gasteiger partial charge in [-0.2, -0.15) is 13.2 Å². The zero-order chi connectivity index (χ0) is 28.9. The molecular formula is C30H27F5N2O4. The van der Waals surface area contributed by atoms with Gasteiger partial charge in [-0.15, -0.1) is 0 Å². The molecule has 3 aromatic carbocycles. The van der Waals surface area contributed by atoms with Crippen molar-refractivity contribution in [3.8, 4) is 16.9 Å². The third-order valence-corrected chi connectivity index (χ3v) is 8.15. The second-order valence-corrected chi connectivity index (χ2v) is 11.0. The van der Waals surface area contributed by atoms with Crippen LogP contribution in [0.15, 0.2) is 48.5 Å². The summed E-state index contributed by atoms with van der Waals surface area (Å²) in [6.45, 7) is 1.96. The molecule has 41 heavy (non-hydrogen) atoms. The molecule has 1 saturated carbocycles. The summed E-state index contributed by atoms with van der Waals surface area (Å²) >= 11 is 0. The molecule has 3 aromatic rings. The Morgan fingerprint density at radius 1 is 0.951 bits per heavy atom. The van der Waals surface area contributed by atoms with Gasteiger partial charge < -0.3 is 14.4 Å². The molecular weight excluding hydrogens is 547 g/mol. The van der Waals surface area contributed by atoms with Gasteiger partial charge in [0.2, 0.25) is 5.91 Å². The summed E-state index contributed by atoms with van der Waals surface area (Å²) in [6.07, 6.45) is -1.69. The van der Waals surface area contributed by atoms with E-state index in [0.717, 1.165) is 12.8 Å². The number of nitrogens with zero attached hydrogens (tertiary/aromatic N) is 2. The first-order chi connectivity index (χ1) is 19.5. The number of esters is 1. The fourth-order valence-electron chi connectivity index (χ4n) is 5.66. The van der Waals surface area contributed by atoms with Crippen LogP contribution in [-0.4, -0.2) is 65.7 Å². The van der Waals surface area contributed by atoms with Gasteiger partial charge in [-0.25, -0.2) is 13.6 Å². The zero-order valence-corrected chi connectivity index (χ0v) is 22.0. The second-order valence-electron chi connectivity index (χ2n) is 11.0. The number of fused-ring (bicyclic) bond motifs is 1. The van der Waals surface area contributed by atoms with Crippen LogP contribution < -0.4 is 4.74 Å². The molecule has 0 bridgehead atoms. The van der Waals surface area contributed by atoms with Crippen molar-refractivity contribution in [2.24, 2.45) is 0 Å². The van der Waals surface area contributed by atoms with Gasteiger partial charge in [0.15, 0.2) is 0 Å². The van der Waals surface area contributed by atoms with E-state index < -0.39 is 29.4 Å². The van der Waals surface area contributed by atoms with Gasteiger partial charge in [0.25, 0.3) is 0 Å². The largest absolute Gasteiger partial charge is 0.491 e. The molecule has 0 unspecified atom stereocenters. The number of carbonyl (C=O) groups is 2. The molecule has 2 saturated heterocycles. The van der Waals surface area contributed by atoms with E-state index in [9.17, 15) is 22.8 Å². The molecule has 1 amide bonds. The summed E-state index contributed by atoms with van der Waals surface area (Å²) in [4.78, 5) is 27.2. The van der Waals surface area contributed by atoms with Crippen LogP contribution in [0, 0.1) is 11.6 Å². The maximum atomic E-state index is 15.2. The smallest absolute Gasteiger partial charge is 0.420 e. The summed E-state index contributed by atoms with van der Waals surface area (Å²) in [7, 11) is 0. The SMILES string of the molecule is O=C1COC2(CCN(Cc3c(F)cc(-c4ccc5cc(OC(=O)C(F)(F)F)ccc5c4)cc3F)CC2)CN1C1CC1. The van der Waals surface area contributed by atoms with Gasteiger partial charge in [-0.3, -0.25) is 9.69 Å². The summed E-state index contributed by atoms with van der Waals surface area (Å²) in [6, 6.07) is 11.7. The molecule has 3 fully saturated rings. The van der Waals surface area contributed by atoms with Crippen LogP contribution in [0.2, 0.25) is 0 Å². The zero-order valence-electron chi connectivity index (χ0n) is 22.0. The lowest BCUT2D eigenvalue weighted by molar-refractivity contribution is -0.189. The average Bonchev–Trinajstić information content (AvgIpc) is 3.78. The Bertz CT molecular complexity index is 1490. The molecule has 0 radical (unpaired) electrons. The van der Waals surface area contributed by atoms with Gasteiger partial charge in [-0.1, -0.05) is 18.2 Å². The number of morpholine rings is 1. The molecule has 6 nitrogen and oxygen atoms in total. The van der Waals surface area contributed by atoms with Crippen LogP contribution in [-0.2, 0) is 20.9 Å². The topological polar surface area (TPSA) is 59.1 Å². The molecule has 0 N–H and O–H groups in total. The van der Waals surface area contributed by atoms with Crippen molar-refractivity contribution >= 4 is 22.6 Å². The van der Waals surface area contributed by atoms with E-state index in [1.807, 2.05) is 9.80 Å². The maximum Gasteiger partial charge on any atom is 0.491 e. The highest BCUT2D eigenvalue weighted by Gasteiger charge is 2.46. The summed E-state index contributed by atoms with van der Waals surface area (Å²) < 4.78 is 78.2. The molecule has 1 spiro atoms. The number of carbonyl (C=O) groups excluding carboxylic acids is 2. The normalized spacial score (nSPS) is 19.6. The predicted molar refractivity (Wildman–Crippen MR) is 139 cm³/mol. The Kier molecular flexibility index (Phi) is 6.97. The van der Waals surface area contributed by atoms with Crippen LogP contribution in [0.4, 0.5) is 22.0 Å². The number of halogens is 5. The average molecular weight is 575 g/mol. The molecule has 2 aliphatic heterocycles. The summed E-state index contributed by atoms with van der Waals surface area (Å²) in [5.41, 5.74) is 0.411. The van der Waals surface area contributed by atoms with Crippen molar-refractivity contribution in [2.45, 2.75) is 50.0 Å². The minimum atomic E-state index is -5.11. The van der Waals surface area contributed by atoms with Crippen molar-refractivity contribution in [2.75, 3.05) is 26.2 Å². The third kappa shape index (κ3) is 5.78. The first-order valence-electron chi connectivity index (χ1n) is 13.5. The highest BCUT2D eigenvalue weighted by molar-refractivity contribution is 5.89. The molecule has 1 aliphatic carbocycles. The maximum absolute atomic E-state index is 15.2. The number of alkyl halides is 3. The van der Waals surface area contributed by atoms with E-state index >= 15 is 8.78 Å². The quantitative estimate of drug-likeness (QED) is 0.225. The molecule has 6 rings (SSSR count). The molecule has 11 heteroatoms. The van der Waals surface area contributed by atoms with Crippen LogP contribution in [0.1, 0.15) is 31.2 Å². The number of rotatable bonds is 5. The number of hydrogen-bond donors (Lipinski definition) is 0. The Labute approximate surface area is 232 Å². The number of ether oxygens (including phenoxy) is 2. The van der Waals surface area contributed by atoms with E-state index in [1.54, 1.807) is 18.2 Å². The Hall–Kier alpha value is -3.57. The highest BCUT2D eigenvalue weighted by Crippen LogP contribution is 2.37. The second kappa shape index (κ2) is 10.4. The van der Waals surface area contributed by atoms with Crippen molar-refractivity contribution in [3.63, 3.8) is 0 Å². The monoisotopic (exact) mass is 574 g/mol. The standard InChI is InChI=1S/C30H27F5N2O4/c31-25-13-21(19-1-2-20-12-23(6-3-18(20)11-19)41-28(39)30(33,34)35)14-26(32)24(25)15-36-9-7-29(8-10-36)17-37(22-4-5-22)27(38)16-40-29/h1-3,6,11-14,22H,4-5,7-10,15-17H2. The van der Waals surface area contributed by atoms with Crippen molar-refractivity contribution < 1.29 is 41.0 Å². The van der Waals surface area contributed by atoms with Gasteiger partial charge in [0.05, 0.1) is 12.1 Å². The summed E-state index contributed by atoms with van der Waals surface area (Å²) in [5.74, 6) is -3.89. The molecule has 0 aromatic heterocycles. The van der Waals surface area contributed by atoms with Crippen molar-refractivity contribution in [1.82, 2.24) is 9.80 Å². The van der Waals surface area contributed by atoms with E-state index in [1.165, 1.54) is 30.3 Å². The Balaban J connectivity index is 1.13. The predicted octanol–water partition coefficient (Wildman–Crippen LogP) is 5.61. The fourth-order valence-corrected chi connectivity index (χ4v) is 5.66. The van der Waals surface area contributed by atoms with Crippen LogP contribution in [0.5, 0.6) is 5.75 Å². The highest BCUT2D eigenvalue weighted by atomic mass is 19.4. The number of benzene rings is 3. The molecule has 216 valence electrons. The van der Waals surface area contributed by atoms with E-state index in [4.69, 9.17) is 4.74 Å². The minimum absolute atomic E-state index is 0.0269. The van der Waals surface area contributed by atoms with Crippen molar-refractivity contribution in [1.29, 1.82) is 0 Å². The van der Waals surface area contributed by atoms with Gasteiger partial charge in [0.1, 0.15) is 24.0 Å². The van der Waals surface area contributed by atoms with Crippen LogP contribution >= 0.6 is 0 Å². The number of hydrogen-bond acceptors (Lipinski definition) is 5. The van der Waals surface area contributed by atoms with Crippen LogP contribution in [0.25, 0.3) is 21.9 Å². The fraction of sp³-hybridized carbons (Fsp3) is 0.400. The van der Waals surface area contributed by atoms with E-state index in [0.29, 0.717) is 60.4 Å². The third-order valence-electron chi connectivity index (χ3n) is 8.15. The van der Waals surface area contributed by atoms with Gasteiger partial charge >= 0.3 is 12.1 Å². The molecule has 3 aliphatic rings. The first-order valence-corrected chi connectivity index (χ1v) is 13.5. The van der Waals surface area contributed by atoms with E-state index in [-0.39, 0.29) is 30.4 Å². The number of amides is 1. The van der Waals surface area contributed by atoms with Crippen molar-refractivity contribution in [3.05, 3.63) is 65.7 Å². The van der Waals surface area contributed by atoms with E-state index in [2.05, 4.69) is 4.74 Å². The Morgan fingerprint density at radius 3 is 2.27 bits per heavy atom. The van der Waals surface area contributed by atoms with Gasteiger partial charge in [-0.05, 0) is 77.9 Å². The number of piperidine rings is 1. The minimum Gasteiger partial charge on any atom is -0.420 e. The lowest BCUT2D eigenvalue weighted by atomic mass is 9.89. The molecule has 2 heterocycles.